The number of hydrogen-bond acceptors (Lipinski definition) is 3. The summed E-state index contributed by atoms with van der Waals surface area (Å²) in [5.41, 5.74) is 2.22. The number of ether oxygens (including phenoxy) is 1. The molecule has 0 amide bonds. The Labute approximate surface area is 161 Å². The van der Waals surface area contributed by atoms with E-state index < -0.39 is 0 Å². The molecule has 1 atom stereocenters. The van der Waals surface area contributed by atoms with E-state index in [2.05, 4.69) is 45.1 Å². The van der Waals surface area contributed by atoms with E-state index in [-0.39, 0.29) is 30.0 Å². The van der Waals surface area contributed by atoms with Crippen LogP contribution in [0.5, 0.6) is 0 Å². The van der Waals surface area contributed by atoms with Gasteiger partial charge in [0.15, 0.2) is 5.96 Å². The van der Waals surface area contributed by atoms with Gasteiger partial charge >= 0.3 is 0 Å². The molecule has 7 heteroatoms. The van der Waals surface area contributed by atoms with E-state index >= 15 is 0 Å². The molecule has 0 aliphatic carbocycles. The predicted molar refractivity (Wildman–Crippen MR) is 110 cm³/mol. The largest absolute Gasteiger partial charge is 0.383 e. The zero-order valence-electron chi connectivity index (χ0n) is 14.7. The minimum Gasteiger partial charge on any atom is -0.383 e. The minimum atomic E-state index is 0. The van der Waals surface area contributed by atoms with Crippen LogP contribution in [0.1, 0.15) is 20.3 Å². The van der Waals surface area contributed by atoms with Crippen molar-refractivity contribution in [2.75, 3.05) is 26.8 Å². The van der Waals surface area contributed by atoms with Crippen molar-refractivity contribution in [3.63, 3.8) is 0 Å². The molecule has 0 saturated heterocycles. The molecule has 6 nitrogen and oxygen atoms in total. The quantitative estimate of drug-likeness (QED) is 0.284. The maximum absolute atomic E-state index is 5.14. The van der Waals surface area contributed by atoms with Crippen LogP contribution >= 0.6 is 24.0 Å². The molecule has 1 aromatic heterocycles. The van der Waals surface area contributed by atoms with Gasteiger partial charge in [-0.05, 0) is 32.4 Å². The first-order valence-electron chi connectivity index (χ1n) is 8.18. The van der Waals surface area contributed by atoms with E-state index in [1.54, 1.807) is 7.11 Å². The van der Waals surface area contributed by atoms with E-state index in [4.69, 9.17) is 4.74 Å². The highest BCUT2D eigenvalue weighted by Crippen LogP contribution is 2.11. The van der Waals surface area contributed by atoms with Gasteiger partial charge in [-0.15, -0.1) is 24.0 Å². The van der Waals surface area contributed by atoms with Gasteiger partial charge in [0.1, 0.15) is 0 Å². The molecule has 2 N–H and O–H groups in total. The Bertz CT molecular complexity index is 628. The molecule has 0 fully saturated rings. The molecule has 0 saturated carbocycles. The Morgan fingerprint density at radius 3 is 2.92 bits per heavy atom. The molecule has 1 unspecified atom stereocenters. The second-order valence-corrected chi connectivity index (χ2v) is 5.54. The summed E-state index contributed by atoms with van der Waals surface area (Å²) in [6, 6.07) is 8.43. The van der Waals surface area contributed by atoms with Crippen molar-refractivity contribution in [1.29, 1.82) is 0 Å². The third kappa shape index (κ3) is 6.27. The number of halogens is 1. The lowest BCUT2D eigenvalue weighted by molar-refractivity contribution is 0.179. The molecule has 1 aromatic carbocycles. The van der Waals surface area contributed by atoms with Crippen LogP contribution in [0.15, 0.2) is 35.6 Å². The Morgan fingerprint density at radius 1 is 1.38 bits per heavy atom. The molecular formula is C17H28IN5O. The third-order valence-electron chi connectivity index (χ3n) is 3.50. The maximum Gasteiger partial charge on any atom is 0.191 e. The van der Waals surface area contributed by atoms with Gasteiger partial charge in [-0.3, -0.25) is 4.99 Å². The number of hydrogen-bond donors (Lipinski definition) is 2. The van der Waals surface area contributed by atoms with Crippen molar-refractivity contribution in [1.82, 2.24) is 20.2 Å². The van der Waals surface area contributed by atoms with Gasteiger partial charge in [-0.25, -0.2) is 4.98 Å². The molecule has 0 aliphatic rings. The van der Waals surface area contributed by atoms with Crippen LogP contribution in [0, 0.1) is 0 Å². The fraction of sp³-hybridized carbons (Fsp3) is 0.529. The summed E-state index contributed by atoms with van der Waals surface area (Å²) in [5.74, 6) is 0.840. The molecule has 0 radical (unpaired) electrons. The fourth-order valence-corrected chi connectivity index (χ4v) is 2.47. The molecule has 0 spiro atoms. The lowest BCUT2D eigenvalue weighted by Crippen LogP contribution is -2.44. The summed E-state index contributed by atoms with van der Waals surface area (Å²) in [6.45, 7) is 7.32. The van der Waals surface area contributed by atoms with Crippen molar-refractivity contribution < 1.29 is 4.74 Å². The normalized spacial score (nSPS) is 12.7. The highest BCUT2D eigenvalue weighted by molar-refractivity contribution is 14.0. The van der Waals surface area contributed by atoms with Gasteiger partial charge in [0.25, 0.3) is 0 Å². The van der Waals surface area contributed by atoms with Crippen LogP contribution in [-0.4, -0.2) is 48.4 Å². The number of methoxy groups -OCH3 is 1. The third-order valence-corrected chi connectivity index (χ3v) is 3.50. The average Bonchev–Trinajstić information content (AvgIpc) is 2.95. The van der Waals surface area contributed by atoms with Crippen LogP contribution in [0.4, 0.5) is 0 Å². The molecule has 0 aliphatic heterocycles. The standard InChI is InChI=1S/C17H27N5O.HI/c1-4-18-17(21-14(2)12-23-3)19-10-7-11-22-13-20-15-8-5-6-9-16(15)22;/h5-6,8-9,13-14H,4,7,10-12H2,1-3H3,(H2,18,19,21);1H. The molecule has 1 heterocycles. The molecule has 0 bridgehead atoms. The number of nitrogens with one attached hydrogen (secondary N) is 2. The number of benzene rings is 1. The summed E-state index contributed by atoms with van der Waals surface area (Å²) in [6.07, 6.45) is 2.87. The SMILES string of the molecule is CCNC(=NCCCn1cnc2ccccc21)NC(C)COC.I. The lowest BCUT2D eigenvalue weighted by Gasteiger charge is -2.17. The number of aromatic nitrogens is 2. The van der Waals surface area contributed by atoms with Crippen LogP contribution < -0.4 is 10.6 Å². The Hall–Kier alpha value is -1.35. The average molecular weight is 445 g/mol. The number of guanidine groups is 1. The van der Waals surface area contributed by atoms with Crippen molar-refractivity contribution >= 4 is 41.0 Å². The highest BCUT2D eigenvalue weighted by atomic mass is 127. The Morgan fingerprint density at radius 2 is 2.17 bits per heavy atom. The van der Waals surface area contributed by atoms with Crippen molar-refractivity contribution in [3.8, 4) is 0 Å². The van der Waals surface area contributed by atoms with E-state index in [0.717, 1.165) is 37.5 Å². The van der Waals surface area contributed by atoms with Gasteiger partial charge in [0, 0.05) is 32.8 Å². The van der Waals surface area contributed by atoms with E-state index in [1.807, 2.05) is 24.5 Å². The Kier molecular flexibility index (Phi) is 9.70. The number of para-hydroxylation sites is 2. The molecule has 134 valence electrons. The zero-order chi connectivity index (χ0) is 16.5. The topological polar surface area (TPSA) is 63.5 Å². The van der Waals surface area contributed by atoms with Crippen LogP contribution in [-0.2, 0) is 11.3 Å². The first-order valence-corrected chi connectivity index (χ1v) is 8.18. The summed E-state index contributed by atoms with van der Waals surface area (Å²) in [5, 5.41) is 6.60. The summed E-state index contributed by atoms with van der Waals surface area (Å²) in [7, 11) is 1.71. The number of imidazole rings is 1. The summed E-state index contributed by atoms with van der Waals surface area (Å²) >= 11 is 0. The van der Waals surface area contributed by atoms with Crippen molar-refractivity contribution in [2.45, 2.75) is 32.9 Å². The molecule has 24 heavy (non-hydrogen) atoms. The van der Waals surface area contributed by atoms with E-state index in [9.17, 15) is 0 Å². The molecular weight excluding hydrogens is 417 g/mol. The van der Waals surface area contributed by atoms with Crippen molar-refractivity contribution in [2.24, 2.45) is 4.99 Å². The zero-order valence-corrected chi connectivity index (χ0v) is 17.0. The smallest absolute Gasteiger partial charge is 0.191 e. The van der Waals surface area contributed by atoms with Crippen molar-refractivity contribution in [3.05, 3.63) is 30.6 Å². The van der Waals surface area contributed by atoms with Gasteiger partial charge in [-0.1, -0.05) is 12.1 Å². The predicted octanol–water partition coefficient (Wildman–Crippen LogP) is 2.63. The van der Waals surface area contributed by atoms with Gasteiger partial charge in [0.05, 0.1) is 24.0 Å². The molecule has 2 aromatic rings. The molecule has 2 rings (SSSR count). The van der Waals surface area contributed by atoms with Gasteiger partial charge in [0.2, 0.25) is 0 Å². The number of aliphatic imine (C=N–C) groups is 1. The number of aryl methyl sites for hydroxylation is 1. The second-order valence-electron chi connectivity index (χ2n) is 5.54. The number of fused-ring (bicyclic) bond motifs is 1. The van der Waals surface area contributed by atoms with Crippen LogP contribution in [0.3, 0.4) is 0 Å². The highest BCUT2D eigenvalue weighted by Gasteiger charge is 2.04. The van der Waals surface area contributed by atoms with Crippen LogP contribution in [0.25, 0.3) is 11.0 Å². The van der Waals surface area contributed by atoms with E-state index in [0.29, 0.717) is 6.61 Å². The monoisotopic (exact) mass is 445 g/mol. The Balaban J connectivity index is 0.00000288. The first-order chi connectivity index (χ1) is 11.2. The first kappa shape index (κ1) is 20.7. The maximum atomic E-state index is 5.14. The van der Waals surface area contributed by atoms with Gasteiger partial charge in [-0.2, -0.15) is 0 Å². The second kappa shape index (κ2) is 11.2. The summed E-state index contributed by atoms with van der Waals surface area (Å²) < 4.78 is 7.32. The number of nitrogens with zero attached hydrogens (tertiary/aromatic N) is 3. The number of rotatable bonds is 8. The van der Waals surface area contributed by atoms with Gasteiger partial charge < -0.3 is 19.9 Å². The van der Waals surface area contributed by atoms with Crippen LogP contribution in [0.2, 0.25) is 0 Å². The summed E-state index contributed by atoms with van der Waals surface area (Å²) in [4.78, 5) is 9.03. The minimum absolute atomic E-state index is 0. The van der Waals surface area contributed by atoms with E-state index in [1.165, 1.54) is 5.52 Å². The lowest BCUT2D eigenvalue weighted by atomic mass is 10.3. The fourth-order valence-electron chi connectivity index (χ4n) is 2.47.